The molecule has 4 N–H and O–H groups in total. The van der Waals surface area contributed by atoms with Gasteiger partial charge < -0.3 is 16.2 Å². The van der Waals surface area contributed by atoms with Crippen molar-refractivity contribution >= 4 is 5.91 Å². The fraction of sp³-hybridized carbons (Fsp3) is 0.917. The number of likely N-dealkylation sites (tertiary alicyclic amines) is 1. The maximum Gasteiger partial charge on any atom is 0.240 e. The van der Waals surface area contributed by atoms with Crippen LogP contribution in [0.4, 0.5) is 0 Å². The van der Waals surface area contributed by atoms with Gasteiger partial charge in [0, 0.05) is 19.1 Å². The van der Waals surface area contributed by atoms with Gasteiger partial charge in [0.2, 0.25) is 5.91 Å². The summed E-state index contributed by atoms with van der Waals surface area (Å²) < 4.78 is 0. The van der Waals surface area contributed by atoms with Crippen LogP contribution in [0.2, 0.25) is 0 Å². The summed E-state index contributed by atoms with van der Waals surface area (Å²) >= 11 is 0. The van der Waals surface area contributed by atoms with Crippen molar-refractivity contribution in [2.45, 2.75) is 43.7 Å². The van der Waals surface area contributed by atoms with Crippen LogP contribution in [0.3, 0.4) is 0 Å². The molecule has 1 saturated heterocycles. The molecular weight excluding hydrogens is 218 g/mol. The van der Waals surface area contributed by atoms with Gasteiger partial charge in [-0.3, -0.25) is 9.69 Å². The van der Waals surface area contributed by atoms with Gasteiger partial charge in [0.1, 0.15) is 0 Å². The third-order valence-electron chi connectivity index (χ3n) is 3.89. The van der Waals surface area contributed by atoms with E-state index >= 15 is 0 Å². The van der Waals surface area contributed by atoms with E-state index < -0.39 is 5.54 Å². The summed E-state index contributed by atoms with van der Waals surface area (Å²) in [5.74, 6) is -0.0185. The third kappa shape index (κ3) is 3.18. The molecule has 0 radical (unpaired) electrons. The van der Waals surface area contributed by atoms with Crippen molar-refractivity contribution in [1.29, 1.82) is 0 Å². The monoisotopic (exact) mass is 241 g/mol. The molecule has 1 atom stereocenters. The normalized spacial score (nSPS) is 27.8. The minimum Gasteiger partial charge on any atom is -0.395 e. The van der Waals surface area contributed by atoms with Crippen LogP contribution in [-0.2, 0) is 4.79 Å². The van der Waals surface area contributed by atoms with Crippen LogP contribution in [-0.4, -0.2) is 53.7 Å². The summed E-state index contributed by atoms with van der Waals surface area (Å²) in [4.78, 5) is 13.9. The summed E-state index contributed by atoms with van der Waals surface area (Å²) in [6.45, 7) is 2.69. The molecule has 2 aliphatic rings. The molecule has 0 spiro atoms. The lowest BCUT2D eigenvalue weighted by Gasteiger charge is -2.34. The molecule has 5 nitrogen and oxygen atoms in total. The number of aliphatic hydroxyl groups excluding tert-OH is 1. The molecule has 1 aliphatic heterocycles. The van der Waals surface area contributed by atoms with Gasteiger partial charge in [0.05, 0.1) is 12.1 Å². The molecule has 17 heavy (non-hydrogen) atoms. The smallest absolute Gasteiger partial charge is 0.240 e. The standard InChI is InChI=1S/C12H23N3O2/c13-12(4-5-12)11(17)14-6-8-15-7-2-1-3-10(15)9-16/h10,16H,1-9,13H2,(H,14,17)/t10-/m1/s1. The molecule has 0 aromatic heterocycles. The molecule has 98 valence electrons. The summed E-state index contributed by atoms with van der Waals surface area (Å²) in [5.41, 5.74) is 5.23. The van der Waals surface area contributed by atoms with Crippen molar-refractivity contribution < 1.29 is 9.90 Å². The van der Waals surface area contributed by atoms with Gasteiger partial charge in [-0.15, -0.1) is 0 Å². The Hall–Kier alpha value is -0.650. The highest BCUT2D eigenvalue weighted by atomic mass is 16.3. The summed E-state index contributed by atoms with van der Waals surface area (Å²) in [6.07, 6.45) is 5.06. The highest BCUT2D eigenvalue weighted by Crippen LogP contribution is 2.31. The van der Waals surface area contributed by atoms with Crippen LogP contribution in [0.5, 0.6) is 0 Å². The zero-order valence-electron chi connectivity index (χ0n) is 10.3. The van der Waals surface area contributed by atoms with Crippen LogP contribution >= 0.6 is 0 Å². The molecule has 1 heterocycles. The molecule has 2 rings (SSSR count). The average Bonchev–Trinajstić information content (AvgIpc) is 3.09. The highest BCUT2D eigenvalue weighted by Gasteiger charge is 2.45. The number of rotatable bonds is 5. The number of hydrogen-bond acceptors (Lipinski definition) is 4. The number of nitrogens with zero attached hydrogens (tertiary/aromatic N) is 1. The molecule has 5 heteroatoms. The largest absolute Gasteiger partial charge is 0.395 e. The van der Waals surface area contributed by atoms with Crippen LogP contribution in [0.25, 0.3) is 0 Å². The van der Waals surface area contributed by atoms with E-state index in [1.807, 2.05) is 0 Å². The minimum absolute atomic E-state index is 0.0185. The number of carbonyl (C=O) groups is 1. The Kier molecular flexibility index (Phi) is 4.01. The quantitative estimate of drug-likeness (QED) is 0.603. The second-order valence-electron chi connectivity index (χ2n) is 5.28. The molecule has 1 amide bonds. The first-order valence-corrected chi connectivity index (χ1v) is 6.58. The Bertz CT molecular complexity index is 279. The van der Waals surface area contributed by atoms with E-state index in [4.69, 9.17) is 5.73 Å². The Balaban J connectivity index is 1.68. The van der Waals surface area contributed by atoms with Crippen molar-refractivity contribution in [1.82, 2.24) is 10.2 Å². The van der Waals surface area contributed by atoms with Gasteiger partial charge in [-0.25, -0.2) is 0 Å². The number of nitrogens with two attached hydrogens (primary N) is 1. The lowest BCUT2D eigenvalue weighted by Crippen LogP contribution is -2.48. The van der Waals surface area contributed by atoms with Crippen molar-refractivity contribution in [2.24, 2.45) is 5.73 Å². The summed E-state index contributed by atoms with van der Waals surface area (Å²) in [5, 5.41) is 12.2. The fourth-order valence-electron chi connectivity index (χ4n) is 2.41. The van der Waals surface area contributed by atoms with Crippen LogP contribution in [0, 0.1) is 0 Å². The van der Waals surface area contributed by atoms with Gasteiger partial charge in [0.25, 0.3) is 0 Å². The van der Waals surface area contributed by atoms with Crippen molar-refractivity contribution in [3.8, 4) is 0 Å². The Morgan fingerprint density at radius 3 is 2.88 bits per heavy atom. The van der Waals surface area contributed by atoms with Crippen molar-refractivity contribution in [2.75, 3.05) is 26.2 Å². The van der Waals surface area contributed by atoms with Crippen molar-refractivity contribution in [3.63, 3.8) is 0 Å². The lowest BCUT2D eigenvalue weighted by atomic mass is 10.0. The van der Waals surface area contributed by atoms with E-state index in [-0.39, 0.29) is 18.6 Å². The molecule has 1 saturated carbocycles. The Morgan fingerprint density at radius 1 is 1.47 bits per heavy atom. The second kappa shape index (κ2) is 5.33. The Morgan fingerprint density at radius 2 is 2.24 bits per heavy atom. The number of aliphatic hydroxyl groups is 1. The summed E-state index contributed by atoms with van der Waals surface area (Å²) in [6, 6.07) is 0.272. The third-order valence-corrected chi connectivity index (χ3v) is 3.89. The number of piperidine rings is 1. The van der Waals surface area contributed by atoms with E-state index in [1.54, 1.807) is 0 Å². The average molecular weight is 241 g/mol. The molecule has 0 aromatic carbocycles. The van der Waals surface area contributed by atoms with Gasteiger partial charge in [-0.2, -0.15) is 0 Å². The fourth-order valence-corrected chi connectivity index (χ4v) is 2.41. The lowest BCUT2D eigenvalue weighted by molar-refractivity contribution is -0.123. The maximum atomic E-state index is 11.6. The first kappa shape index (κ1) is 12.8. The first-order valence-electron chi connectivity index (χ1n) is 6.58. The van der Waals surface area contributed by atoms with Crippen LogP contribution in [0.15, 0.2) is 0 Å². The molecule has 0 bridgehead atoms. The van der Waals surface area contributed by atoms with Crippen LogP contribution < -0.4 is 11.1 Å². The van der Waals surface area contributed by atoms with Crippen molar-refractivity contribution in [3.05, 3.63) is 0 Å². The molecular formula is C12H23N3O2. The topological polar surface area (TPSA) is 78.6 Å². The van der Waals surface area contributed by atoms with E-state index in [0.29, 0.717) is 6.54 Å². The second-order valence-corrected chi connectivity index (χ2v) is 5.28. The summed E-state index contributed by atoms with van der Waals surface area (Å²) in [7, 11) is 0. The predicted molar refractivity (Wildman–Crippen MR) is 65.5 cm³/mol. The molecule has 0 unspecified atom stereocenters. The number of carbonyl (C=O) groups excluding carboxylic acids is 1. The molecule has 0 aromatic rings. The van der Waals surface area contributed by atoms with Gasteiger partial charge in [0.15, 0.2) is 0 Å². The van der Waals surface area contributed by atoms with Gasteiger partial charge >= 0.3 is 0 Å². The van der Waals surface area contributed by atoms with E-state index in [0.717, 1.165) is 32.4 Å². The van der Waals surface area contributed by atoms with E-state index in [9.17, 15) is 9.90 Å². The van der Waals surface area contributed by atoms with Gasteiger partial charge in [-0.1, -0.05) is 6.42 Å². The van der Waals surface area contributed by atoms with E-state index in [1.165, 1.54) is 12.8 Å². The van der Waals surface area contributed by atoms with E-state index in [2.05, 4.69) is 10.2 Å². The minimum atomic E-state index is -0.571. The Labute approximate surface area is 102 Å². The molecule has 2 fully saturated rings. The van der Waals surface area contributed by atoms with Crippen LogP contribution in [0.1, 0.15) is 32.1 Å². The van der Waals surface area contributed by atoms with Gasteiger partial charge in [-0.05, 0) is 32.2 Å². The zero-order chi connectivity index (χ0) is 12.3. The number of nitrogens with one attached hydrogen (secondary N) is 1. The first-order chi connectivity index (χ1) is 8.15. The SMILES string of the molecule is NC1(C(=O)NCCN2CCCC[C@@H]2CO)CC1. The number of hydrogen-bond donors (Lipinski definition) is 3. The maximum absolute atomic E-state index is 11.6. The number of amides is 1. The highest BCUT2D eigenvalue weighted by molar-refractivity contribution is 5.88. The zero-order valence-corrected chi connectivity index (χ0v) is 10.3. The predicted octanol–water partition coefficient (Wildman–Crippen LogP) is -0.559. The molecule has 1 aliphatic carbocycles.